The lowest BCUT2D eigenvalue weighted by atomic mass is 9.94. The van der Waals surface area contributed by atoms with Gasteiger partial charge >= 0.3 is 6.18 Å². The van der Waals surface area contributed by atoms with Crippen molar-refractivity contribution in [3.8, 4) is 0 Å². The number of anilines is 1. The maximum atomic E-state index is 14.0. The number of nitrogens with one attached hydrogen (secondary N) is 1. The lowest BCUT2D eigenvalue weighted by molar-refractivity contribution is -0.141. The number of hydrogen-bond donors (Lipinski definition) is 1. The van der Waals surface area contributed by atoms with Crippen molar-refractivity contribution in [2.45, 2.75) is 76.2 Å². The highest BCUT2D eigenvalue weighted by atomic mass is 35.5. The smallest absolute Gasteiger partial charge is 0.352 e. The average Bonchev–Trinajstić information content (AvgIpc) is 3.01. The van der Waals surface area contributed by atoms with Gasteiger partial charge in [-0.25, -0.2) is 8.42 Å². The molecule has 2 amide bonds. The van der Waals surface area contributed by atoms with Gasteiger partial charge < -0.3 is 10.2 Å². The Labute approximate surface area is 273 Å². The van der Waals surface area contributed by atoms with Crippen LogP contribution >= 0.6 is 11.6 Å². The van der Waals surface area contributed by atoms with Gasteiger partial charge in [0.25, 0.3) is 0 Å². The first-order valence-electron chi connectivity index (χ1n) is 15.3. The number of carbonyl (C=O) groups excluding carboxylic acids is 2. The number of rotatable bonds is 13. The molecule has 12 heteroatoms. The van der Waals surface area contributed by atoms with Crippen molar-refractivity contribution in [3.05, 3.63) is 101 Å². The Morgan fingerprint density at radius 1 is 0.935 bits per heavy atom. The fourth-order valence-electron chi connectivity index (χ4n) is 5.77. The van der Waals surface area contributed by atoms with Crippen molar-refractivity contribution in [2.24, 2.45) is 0 Å². The van der Waals surface area contributed by atoms with Crippen LogP contribution in [0, 0.1) is 0 Å². The molecule has 0 unspecified atom stereocenters. The van der Waals surface area contributed by atoms with E-state index < -0.39 is 33.7 Å². The molecule has 0 saturated heterocycles. The van der Waals surface area contributed by atoms with E-state index in [0.717, 1.165) is 66.4 Å². The number of nitrogens with zero attached hydrogens (tertiary/aromatic N) is 2. The molecule has 0 aromatic heterocycles. The third-order valence-electron chi connectivity index (χ3n) is 8.08. The standard InChI is InChI=1S/C34H39ClF3N3O4S/c1-46(44,45)41(30-18-9-14-27(23-30)34(36,37)38)20-10-19-32(42)40(24-26-13-8-15-28(35)21-26)31(22-25-11-4-2-5-12-25)33(43)39-29-16-6-3-7-17-29/h2,4-5,8-9,11-15,18,21,23,29,31H,3,6-7,10,16-17,19-20,22,24H2,1H3,(H,39,43)/t31-/m1/s1. The monoisotopic (exact) mass is 677 g/mol. The second-order valence-electron chi connectivity index (χ2n) is 11.7. The molecule has 0 heterocycles. The summed E-state index contributed by atoms with van der Waals surface area (Å²) >= 11 is 6.25. The molecule has 1 fully saturated rings. The van der Waals surface area contributed by atoms with E-state index in [2.05, 4.69) is 5.32 Å². The van der Waals surface area contributed by atoms with Crippen molar-refractivity contribution in [1.82, 2.24) is 10.2 Å². The zero-order valence-electron chi connectivity index (χ0n) is 25.7. The predicted molar refractivity (Wildman–Crippen MR) is 174 cm³/mol. The lowest BCUT2D eigenvalue weighted by Gasteiger charge is -2.34. The topological polar surface area (TPSA) is 86.8 Å². The molecule has 248 valence electrons. The summed E-state index contributed by atoms with van der Waals surface area (Å²) < 4.78 is 66.3. The van der Waals surface area contributed by atoms with Gasteiger partial charge in [0, 0.05) is 37.0 Å². The van der Waals surface area contributed by atoms with Crippen LogP contribution in [0.15, 0.2) is 78.9 Å². The van der Waals surface area contributed by atoms with Crippen LogP contribution in [0.3, 0.4) is 0 Å². The fraction of sp³-hybridized carbons (Fsp3) is 0.412. The van der Waals surface area contributed by atoms with E-state index in [0.29, 0.717) is 10.6 Å². The molecular formula is C34H39ClF3N3O4S. The molecule has 0 aliphatic heterocycles. The molecule has 1 aliphatic carbocycles. The number of sulfonamides is 1. The normalized spacial score (nSPS) is 14.8. The highest BCUT2D eigenvalue weighted by Crippen LogP contribution is 2.32. The first-order valence-corrected chi connectivity index (χ1v) is 17.6. The molecule has 3 aromatic carbocycles. The summed E-state index contributed by atoms with van der Waals surface area (Å²) in [5.74, 6) is -0.662. The second-order valence-corrected chi connectivity index (χ2v) is 14.0. The molecule has 7 nitrogen and oxygen atoms in total. The molecule has 1 aliphatic rings. The number of amides is 2. The Morgan fingerprint density at radius 2 is 1.61 bits per heavy atom. The van der Waals surface area contributed by atoms with Crippen molar-refractivity contribution < 1.29 is 31.2 Å². The van der Waals surface area contributed by atoms with Crippen LogP contribution in [-0.4, -0.2) is 50.0 Å². The average molecular weight is 678 g/mol. The maximum absolute atomic E-state index is 14.0. The van der Waals surface area contributed by atoms with Crippen molar-refractivity contribution >= 4 is 39.1 Å². The van der Waals surface area contributed by atoms with Gasteiger partial charge in [0.15, 0.2) is 0 Å². The Balaban J connectivity index is 1.60. The zero-order chi connectivity index (χ0) is 33.3. The highest BCUT2D eigenvalue weighted by molar-refractivity contribution is 7.92. The molecule has 0 bridgehead atoms. The van der Waals surface area contributed by atoms with Crippen LogP contribution in [0.2, 0.25) is 5.02 Å². The van der Waals surface area contributed by atoms with Gasteiger partial charge in [-0.3, -0.25) is 13.9 Å². The van der Waals surface area contributed by atoms with E-state index in [1.54, 1.807) is 18.2 Å². The molecule has 4 rings (SSSR count). The van der Waals surface area contributed by atoms with E-state index >= 15 is 0 Å². The quantitative estimate of drug-likeness (QED) is 0.211. The van der Waals surface area contributed by atoms with Crippen molar-refractivity contribution in [2.75, 3.05) is 17.1 Å². The molecule has 1 N–H and O–H groups in total. The molecule has 0 spiro atoms. The van der Waals surface area contributed by atoms with Gasteiger partial charge in [0.05, 0.1) is 17.5 Å². The van der Waals surface area contributed by atoms with Crippen LogP contribution in [-0.2, 0) is 38.8 Å². The molecule has 3 aromatic rings. The van der Waals surface area contributed by atoms with Gasteiger partial charge in [-0.1, -0.05) is 79.4 Å². The lowest BCUT2D eigenvalue weighted by Crippen LogP contribution is -2.52. The second kappa shape index (κ2) is 15.8. The van der Waals surface area contributed by atoms with Crippen LogP contribution in [0.1, 0.15) is 61.6 Å². The number of alkyl halides is 3. The molecular weight excluding hydrogens is 639 g/mol. The minimum absolute atomic E-state index is 0.0104. The largest absolute Gasteiger partial charge is 0.416 e. The fourth-order valence-corrected chi connectivity index (χ4v) is 6.94. The minimum atomic E-state index is -4.65. The van der Waals surface area contributed by atoms with E-state index in [4.69, 9.17) is 11.6 Å². The van der Waals surface area contributed by atoms with Crippen molar-refractivity contribution in [3.63, 3.8) is 0 Å². The van der Waals surface area contributed by atoms with Crippen LogP contribution < -0.4 is 9.62 Å². The van der Waals surface area contributed by atoms with E-state index in [1.165, 1.54) is 11.0 Å². The summed E-state index contributed by atoms with van der Waals surface area (Å²) in [5.41, 5.74) is 0.457. The summed E-state index contributed by atoms with van der Waals surface area (Å²) in [6.07, 6.45) is 1.25. The maximum Gasteiger partial charge on any atom is 0.416 e. The Kier molecular flexibility index (Phi) is 12.1. The predicted octanol–water partition coefficient (Wildman–Crippen LogP) is 6.99. The van der Waals surface area contributed by atoms with Crippen LogP contribution in [0.4, 0.5) is 18.9 Å². The van der Waals surface area contributed by atoms with E-state index in [9.17, 15) is 31.2 Å². The summed E-state index contributed by atoms with van der Waals surface area (Å²) in [6.45, 7) is -0.146. The third kappa shape index (κ3) is 10.2. The van der Waals surface area contributed by atoms with Crippen LogP contribution in [0.5, 0.6) is 0 Å². The zero-order valence-corrected chi connectivity index (χ0v) is 27.3. The summed E-state index contributed by atoms with van der Waals surface area (Å²) in [7, 11) is -3.98. The summed E-state index contributed by atoms with van der Waals surface area (Å²) in [4.78, 5) is 29.4. The Morgan fingerprint density at radius 3 is 2.26 bits per heavy atom. The van der Waals surface area contributed by atoms with E-state index in [-0.39, 0.29) is 50.0 Å². The SMILES string of the molecule is CS(=O)(=O)N(CCCC(=O)N(Cc1cccc(Cl)c1)[C@H](Cc1ccccc1)C(=O)NC1CCCCC1)c1cccc(C(F)(F)F)c1. The van der Waals surface area contributed by atoms with Gasteiger partial charge in [0.2, 0.25) is 21.8 Å². The summed E-state index contributed by atoms with van der Waals surface area (Å²) in [6, 6.07) is 19.6. The molecule has 1 saturated carbocycles. The Hall–Kier alpha value is -3.57. The first kappa shape index (κ1) is 35.3. The summed E-state index contributed by atoms with van der Waals surface area (Å²) in [5, 5.41) is 3.64. The minimum Gasteiger partial charge on any atom is -0.352 e. The number of carbonyl (C=O) groups is 2. The molecule has 46 heavy (non-hydrogen) atoms. The van der Waals surface area contributed by atoms with Crippen molar-refractivity contribution in [1.29, 1.82) is 0 Å². The number of benzene rings is 3. The third-order valence-corrected chi connectivity index (χ3v) is 9.51. The van der Waals surface area contributed by atoms with E-state index in [1.807, 2.05) is 36.4 Å². The number of halogens is 4. The Bertz CT molecular complexity index is 1580. The van der Waals surface area contributed by atoms with Gasteiger partial charge in [-0.15, -0.1) is 0 Å². The van der Waals surface area contributed by atoms with Gasteiger partial charge in [-0.05, 0) is 60.7 Å². The molecule has 0 radical (unpaired) electrons. The first-order chi connectivity index (χ1) is 21.8. The van der Waals surface area contributed by atoms with Crippen LogP contribution in [0.25, 0.3) is 0 Å². The highest BCUT2D eigenvalue weighted by Gasteiger charge is 2.33. The number of hydrogen-bond acceptors (Lipinski definition) is 4. The van der Waals surface area contributed by atoms with Gasteiger partial charge in [0.1, 0.15) is 6.04 Å². The molecule has 1 atom stereocenters. The van der Waals surface area contributed by atoms with Gasteiger partial charge in [-0.2, -0.15) is 13.2 Å².